The quantitative estimate of drug-likeness (QED) is 0.785. The van der Waals surface area contributed by atoms with Crippen LogP contribution in [0, 0.1) is 0 Å². The number of nitrogens with one attached hydrogen (secondary N) is 1. The molecule has 144 valence electrons. The Morgan fingerprint density at radius 1 is 1.07 bits per heavy atom. The van der Waals surface area contributed by atoms with E-state index < -0.39 is 10.0 Å². The number of carbonyl (C=O) groups excluding carboxylic acids is 1. The van der Waals surface area contributed by atoms with Crippen LogP contribution in [0.25, 0.3) is 0 Å². The molecule has 1 N–H and O–H groups in total. The molecule has 0 saturated heterocycles. The summed E-state index contributed by atoms with van der Waals surface area (Å²) in [6, 6.07) is 11.5. The molecule has 8 heteroatoms. The molecule has 1 aliphatic rings. The molecule has 1 heterocycles. The number of hydrogen-bond donors (Lipinski definition) is 1. The Hall–Kier alpha value is -2.58. The van der Waals surface area contributed by atoms with Crippen LogP contribution in [0.5, 0.6) is 11.5 Å². The Kier molecular flexibility index (Phi) is 5.67. The van der Waals surface area contributed by atoms with Crippen molar-refractivity contribution in [2.24, 2.45) is 0 Å². The van der Waals surface area contributed by atoms with Crippen LogP contribution in [0.4, 0.5) is 0 Å². The fraction of sp³-hybridized carbons (Fsp3) is 0.316. The molecule has 0 radical (unpaired) electrons. The van der Waals surface area contributed by atoms with Crippen LogP contribution in [-0.4, -0.2) is 38.5 Å². The number of sulfonamides is 1. The third-order valence-electron chi connectivity index (χ3n) is 4.33. The molecule has 3 rings (SSSR count). The Bertz CT molecular complexity index is 939. The SMILES string of the molecule is CCN(CC)S(=O)(=O)c1cccc(C(=O)NCc2ccc3c(c2)OCO3)c1. The molecule has 2 aromatic rings. The number of ether oxygens (including phenoxy) is 2. The lowest BCUT2D eigenvalue weighted by molar-refractivity contribution is 0.0950. The average molecular weight is 390 g/mol. The van der Waals surface area contributed by atoms with Crippen LogP contribution >= 0.6 is 0 Å². The number of fused-ring (bicyclic) bond motifs is 1. The van der Waals surface area contributed by atoms with Crippen molar-refractivity contribution in [1.29, 1.82) is 0 Å². The first-order valence-corrected chi connectivity index (χ1v) is 10.2. The van der Waals surface area contributed by atoms with E-state index in [2.05, 4.69) is 5.32 Å². The van der Waals surface area contributed by atoms with E-state index in [1.807, 2.05) is 12.1 Å². The smallest absolute Gasteiger partial charge is 0.251 e. The normalized spacial score (nSPS) is 13.0. The summed E-state index contributed by atoms with van der Waals surface area (Å²) >= 11 is 0. The topological polar surface area (TPSA) is 84.9 Å². The molecule has 0 saturated carbocycles. The molecule has 1 amide bonds. The fourth-order valence-corrected chi connectivity index (χ4v) is 4.35. The maximum atomic E-state index is 12.6. The summed E-state index contributed by atoms with van der Waals surface area (Å²) in [5.74, 6) is 0.984. The van der Waals surface area contributed by atoms with Crippen molar-refractivity contribution in [3.63, 3.8) is 0 Å². The second-order valence-corrected chi connectivity index (χ2v) is 7.93. The van der Waals surface area contributed by atoms with Gasteiger partial charge in [0.15, 0.2) is 11.5 Å². The summed E-state index contributed by atoms with van der Waals surface area (Å²) in [6.07, 6.45) is 0. The molecular formula is C19H22N2O5S. The molecule has 0 fully saturated rings. The van der Waals surface area contributed by atoms with Gasteiger partial charge in [0.05, 0.1) is 4.90 Å². The van der Waals surface area contributed by atoms with E-state index >= 15 is 0 Å². The standard InChI is InChI=1S/C19H22N2O5S/c1-3-21(4-2)27(23,24)16-7-5-6-15(11-16)19(22)20-12-14-8-9-17-18(10-14)26-13-25-17/h5-11H,3-4,12-13H2,1-2H3,(H,20,22). The highest BCUT2D eigenvalue weighted by Gasteiger charge is 2.22. The highest BCUT2D eigenvalue weighted by Crippen LogP contribution is 2.32. The second-order valence-electron chi connectivity index (χ2n) is 5.99. The van der Waals surface area contributed by atoms with Gasteiger partial charge < -0.3 is 14.8 Å². The molecule has 0 spiro atoms. The van der Waals surface area contributed by atoms with Gasteiger partial charge in [0, 0.05) is 25.2 Å². The van der Waals surface area contributed by atoms with Gasteiger partial charge in [0.2, 0.25) is 16.8 Å². The Morgan fingerprint density at radius 3 is 2.56 bits per heavy atom. The lowest BCUT2D eigenvalue weighted by Crippen LogP contribution is -2.31. The number of nitrogens with zero attached hydrogens (tertiary/aromatic N) is 1. The molecule has 0 aromatic heterocycles. The number of rotatable bonds is 7. The molecule has 0 bridgehead atoms. The lowest BCUT2D eigenvalue weighted by Gasteiger charge is -2.18. The summed E-state index contributed by atoms with van der Waals surface area (Å²) in [5, 5.41) is 2.80. The third-order valence-corrected chi connectivity index (χ3v) is 6.38. The first-order valence-electron chi connectivity index (χ1n) is 8.72. The molecular weight excluding hydrogens is 368 g/mol. The van der Waals surface area contributed by atoms with Crippen molar-refractivity contribution < 1.29 is 22.7 Å². The van der Waals surface area contributed by atoms with Crippen molar-refractivity contribution in [2.75, 3.05) is 19.9 Å². The number of amides is 1. The summed E-state index contributed by atoms with van der Waals surface area (Å²) in [5.41, 5.74) is 1.16. The van der Waals surface area contributed by atoms with Gasteiger partial charge in [0.25, 0.3) is 5.91 Å². The summed E-state index contributed by atoms with van der Waals surface area (Å²) in [6.45, 7) is 4.80. The maximum absolute atomic E-state index is 12.6. The van der Waals surface area contributed by atoms with E-state index in [0.29, 0.717) is 36.7 Å². The van der Waals surface area contributed by atoms with E-state index in [-0.39, 0.29) is 17.6 Å². The molecule has 0 aliphatic carbocycles. The van der Waals surface area contributed by atoms with Gasteiger partial charge in [-0.15, -0.1) is 0 Å². The Labute approximate surface area is 158 Å². The van der Waals surface area contributed by atoms with Crippen LogP contribution in [0.1, 0.15) is 29.8 Å². The van der Waals surface area contributed by atoms with Crippen LogP contribution in [0.2, 0.25) is 0 Å². The largest absolute Gasteiger partial charge is 0.454 e. The molecule has 0 unspecified atom stereocenters. The third kappa shape index (κ3) is 4.06. The fourth-order valence-electron chi connectivity index (χ4n) is 2.85. The zero-order chi connectivity index (χ0) is 19.4. The highest BCUT2D eigenvalue weighted by atomic mass is 32.2. The van der Waals surface area contributed by atoms with Gasteiger partial charge in [-0.2, -0.15) is 4.31 Å². The molecule has 7 nitrogen and oxygen atoms in total. The van der Waals surface area contributed by atoms with E-state index in [4.69, 9.17) is 9.47 Å². The predicted molar refractivity (Wildman–Crippen MR) is 100 cm³/mol. The van der Waals surface area contributed by atoms with Crippen molar-refractivity contribution >= 4 is 15.9 Å². The Morgan fingerprint density at radius 2 is 1.81 bits per heavy atom. The minimum Gasteiger partial charge on any atom is -0.454 e. The zero-order valence-electron chi connectivity index (χ0n) is 15.3. The summed E-state index contributed by atoms with van der Waals surface area (Å²) < 4.78 is 37.2. The van der Waals surface area contributed by atoms with Crippen molar-refractivity contribution in [2.45, 2.75) is 25.3 Å². The average Bonchev–Trinajstić information content (AvgIpc) is 3.14. The van der Waals surface area contributed by atoms with E-state index in [0.717, 1.165) is 5.56 Å². The van der Waals surface area contributed by atoms with Gasteiger partial charge in [-0.3, -0.25) is 4.79 Å². The first-order chi connectivity index (χ1) is 13.0. The predicted octanol–water partition coefficient (Wildman–Crippen LogP) is 2.38. The van der Waals surface area contributed by atoms with Crippen LogP contribution in [0.3, 0.4) is 0 Å². The van der Waals surface area contributed by atoms with Crippen LogP contribution in [-0.2, 0) is 16.6 Å². The summed E-state index contributed by atoms with van der Waals surface area (Å²) in [4.78, 5) is 12.6. The minimum absolute atomic E-state index is 0.113. The maximum Gasteiger partial charge on any atom is 0.251 e. The molecule has 1 aliphatic heterocycles. The van der Waals surface area contributed by atoms with E-state index in [1.165, 1.54) is 16.4 Å². The van der Waals surface area contributed by atoms with Crippen molar-refractivity contribution in [3.05, 3.63) is 53.6 Å². The minimum atomic E-state index is -3.61. The molecule has 2 aromatic carbocycles. The molecule has 27 heavy (non-hydrogen) atoms. The van der Waals surface area contributed by atoms with Crippen molar-refractivity contribution in [3.8, 4) is 11.5 Å². The second kappa shape index (κ2) is 7.98. The van der Waals surface area contributed by atoms with Crippen molar-refractivity contribution in [1.82, 2.24) is 9.62 Å². The first kappa shape index (κ1) is 19.2. The monoisotopic (exact) mass is 390 g/mol. The van der Waals surface area contributed by atoms with E-state index in [9.17, 15) is 13.2 Å². The summed E-state index contributed by atoms with van der Waals surface area (Å²) in [7, 11) is -3.61. The van der Waals surface area contributed by atoms with Gasteiger partial charge in [-0.1, -0.05) is 26.0 Å². The van der Waals surface area contributed by atoms with Gasteiger partial charge in [-0.05, 0) is 35.9 Å². The number of hydrogen-bond acceptors (Lipinski definition) is 5. The zero-order valence-corrected chi connectivity index (χ0v) is 16.1. The van der Waals surface area contributed by atoms with Crippen LogP contribution in [0.15, 0.2) is 47.4 Å². The number of benzene rings is 2. The Balaban J connectivity index is 1.72. The lowest BCUT2D eigenvalue weighted by atomic mass is 10.2. The molecule has 0 atom stereocenters. The van der Waals surface area contributed by atoms with Gasteiger partial charge >= 0.3 is 0 Å². The van der Waals surface area contributed by atoms with Crippen LogP contribution < -0.4 is 14.8 Å². The highest BCUT2D eigenvalue weighted by molar-refractivity contribution is 7.89. The van der Waals surface area contributed by atoms with E-state index in [1.54, 1.807) is 32.0 Å². The van der Waals surface area contributed by atoms with Gasteiger partial charge in [0.1, 0.15) is 0 Å². The van der Waals surface area contributed by atoms with Gasteiger partial charge in [-0.25, -0.2) is 8.42 Å². The number of carbonyl (C=O) groups is 1.